The van der Waals surface area contributed by atoms with E-state index in [1.165, 1.54) is 6.07 Å². The average molecular weight is 372 g/mol. The van der Waals surface area contributed by atoms with Gasteiger partial charge in [-0.05, 0) is 35.6 Å². The molecule has 0 spiro atoms. The van der Waals surface area contributed by atoms with Crippen molar-refractivity contribution in [3.8, 4) is 0 Å². The van der Waals surface area contributed by atoms with Gasteiger partial charge in [-0.1, -0.05) is 0 Å². The molecule has 7 heteroatoms. The van der Waals surface area contributed by atoms with Crippen molar-refractivity contribution in [2.24, 2.45) is 0 Å². The van der Waals surface area contributed by atoms with Crippen LogP contribution in [0.25, 0.3) is 11.0 Å². The molecule has 0 aliphatic heterocycles. The van der Waals surface area contributed by atoms with Crippen LogP contribution in [0, 0.1) is 16.3 Å². The number of hydrogen-bond donors (Lipinski definition) is 1. The van der Waals surface area contributed by atoms with E-state index in [1.54, 1.807) is 16.8 Å². The highest BCUT2D eigenvalue weighted by atomic mass is 127. The van der Waals surface area contributed by atoms with Crippen LogP contribution < -0.4 is 5.73 Å². The van der Waals surface area contributed by atoms with E-state index < -0.39 is 0 Å². The Bertz CT molecular complexity index is 765. The molecular formula is C12H10FIN4O. The van der Waals surface area contributed by atoms with E-state index in [0.29, 0.717) is 33.0 Å². The maximum absolute atomic E-state index is 13.7. The number of nitrogens with two attached hydrogens (primary N) is 1. The molecule has 0 radical (unpaired) electrons. The number of aryl methyl sites for hydroxylation is 1. The molecule has 0 aliphatic carbocycles. The average Bonchev–Trinajstić information content (AvgIpc) is 2.87. The van der Waals surface area contributed by atoms with Crippen molar-refractivity contribution in [3.63, 3.8) is 0 Å². The molecule has 0 saturated carbocycles. The molecule has 3 aromatic rings. The molecule has 2 aromatic heterocycles. The highest BCUT2D eigenvalue weighted by Gasteiger charge is 2.13. The van der Waals surface area contributed by atoms with Gasteiger partial charge < -0.3 is 14.7 Å². The van der Waals surface area contributed by atoms with Crippen molar-refractivity contribution in [2.45, 2.75) is 13.5 Å². The molecular weight excluding hydrogens is 362 g/mol. The predicted molar refractivity (Wildman–Crippen MR) is 77.2 cm³/mol. The van der Waals surface area contributed by atoms with Crippen molar-refractivity contribution >= 4 is 39.6 Å². The summed E-state index contributed by atoms with van der Waals surface area (Å²) in [4.78, 5) is 8.33. The van der Waals surface area contributed by atoms with Gasteiger partial charge in [0, 0.05) is 6.07 Å². The third-order valence-corrected chi connectivity index (χ3v) is 3.61. The maximum Gasteiger partial charge on any atom is 0.214 e. The first-order valence-corrected chi connectivity index (χ1v) is 6.64. The summed E-state index contributed by atoms with van der Waals surface area (Å²) >= 11 is 1.92. The number of nitrogen functional groups attached to an aromatic ring is 1. The lowest BCUT2D eigenvalue weighted by Gasteiger charge is -2.03. The van der Waals surface area contributed by atoms with Crippen molar-refractivity contribution in [1.82, 2.24) is 14.5 Å². The van der Waals surface area contributed by atoms with Gasteiger partial charge in [0.2, 0.25) is 11.8 Å². The van der Waals surface area contributed by atoms with E-state index in [-0.39, 0.29) is 5.82 Å². The van der Waals surface area contributed by atoms with Gasteiger partial charge in [0.15, 0.2) is 0 Å². The molecule has 2 N–H and O–H groups in total. The van der Waals surface area contributed by atoms with Crippen LogP contribution in [0.4, 0.5) is 10.3 Å². The highest BCUT2D eigenvalue weighted by molar-refractivity contribution is 14.1. The normalized spacial score (nSPS) is 11.3. The largest absolute Gasteiger partial charge is 0.444 e. The number of nitrogens with zero attached hydrogens (tertiary/aromatic N) is 3. The summed E-state index contributed by atoms with van der Waals surface area (Å²) in [7, 11) is 0. The standard InChI is InChI=1S/C12H10FIN4O/c1-6-4-16-11(19-6)5-18-10-2-7(13)8(14)3-9(10)17-12(18)15/h2-4H,5H2,1H3,(H2,15,17). The molecule has 0 saturated heterocycles. The number of hydrogen-bond acceptors (Lipinski definition) is 4. The van der Waals surface area contributed by atoms with Crippen LogP contribution >= 0.6 is 22.6 Å². The predicted octanol–water partition coefficient (Wildman–Crippen LogP) is 2.71. The van der Waals surface area contributed by atoms with Gasteiger partial charge in [0.05, 0.1) is 20.8 Å². The highest BCUT2D eigenvalue weighted by Crippen LogP contribution is 2.23. The first-order chi connectivity index (χ1) is 9.04. The van der Waals surface area contributed by atoms with E-state index >= 15 is 0 Å². The van der Waals surface area contributed by atoms with Crippen LogP contribution in [0.2, 0.25) is 0 Å². The minimum atomic E-state index is -0.294. The molecule has 5 nitrogen and oxygen atoms in total. The van der Waals surface area contributed by atoms with Crippen LogP contribution in [-0.4, -0.2) is 14.5 Å². The van der Waals surface area contributed by atoms with E-state index in [9.17, 15) is 4.39 Å². The fraction of sp³-hybridized carbons (Fsp3) is 0.167. The quantitative estimate of drug-likeness (QED) is 0.703. The number of rotatable bonds is 2. The summed E-state index contributed by atoms with van der Waals surface area (Å²) in [6, 6.07) is 3.09. The lowest BCUT2D eigenvalue weighted by molar-refractivity contribution is 0.460. The maximum atomic E-state index is 13.7. The molecule has 0 aliphatic rings. The Labute approximate surface area is 121 Å². The molecule has 19 heavy (non-hydrogen) atoms. The summed E-state index contributed by atoms with van der Waals surface area (Å²) < 4.78 is 21.3. The number of aromatic nitrogens is 3. The topological polar surface area (TPSA) is 69.9 Å². The minimum absolute atomic E-state index is 0.294. The van der Waals surface area contributed by atoms with Gasteiger partial charge in [0.25, 0.3) is 0 Å². The zero-order valence-electron chi connectivity index (χ0n) is 10.0. The van der Waals surface area contributed by atoms with Crippen molar-refractivity contribution in [1.29, 1.82) is 0 Å². The molecule has 0 fully saturated rings. The molecule has 0 unspecified atom stereocenters. The second kappa shape index (κ2) is 4.48. The molecule has 0 amide bonds. The van der Waals surface area contributed by atoms with Crippen molar-refractivity contribution in [3.05, 3.63) is 39.4 Å². The van der Waals surface area contributed by atoms with Gasteiger partial charge in [-0.3, -0.25) is 0 Å². The smallest absolute Gasteiger partial charge is 0.214 e. The minimum Gasteiger partial charge on any atom is -0.444 e. The van der Waals surface area contributed by atoms with Gasteiger partial charge in [-0.2, -0.15) is 0 Å². The Kier molecular flexibility index (Phi) is 2.92. The Morgan fingerprint density at radius 2 is 2.26 bits per heavy atom. The third-order valence-electron chi connectivity index (χ3n) is 2.78. The second-order valence-corrected chi connectivity index (χ2v) is 5.34. The Balaban J connectivity index is 2.12. The van der Waals surface area contributed by atoms with Gasteiger partial charge in [0.1, 0.15) is 18.1 Å². The van der Waals surface area contributed by atoms with E-state index in [2.05, 4.69) is 9.97 Å². The van der Waals surface area contributed by atoms with E-state index in [4.69, 9.17) is 10.2 Å². The number of anilines is 1. The number of imidazole rings is 1. The summed E-state index contributed by atoms with van der Waals surface area (Å²) in [5, 5.41) is 0. The molecule has 0 atom stereocenters. The zero-order chi connectivity index (χ0) is 13.6. The number of benzene rings is 1. The Morgan fingerprint density at radius 1 is 1.47 bits per heavy atom. The molecule has 98 valence electrons. The lowest BCUT2D eigenvalue weighted by Crippen LogP contribution is -2.04. The SMILES string of the molecule is Cc1cnc(Cn2c(N)nc3cc(I)c(F)cc32)o1. The molecule has 2 heterocycles. The van der Waals surface area contributed by atoms with Crippen LogP contribution in [0.15, 0.2) is 22.7 Å². The van der Waals surface area contributed by atoms with Gasteiger partial charge in [-0.15, -0.1) is 0 Å². The first-order valence-electron chi connectivity index (χ1n) is 5.56. The fourth-order valence-electron chi connectivity index (χ4n) is 1.91. The van der Waals surface area contributed by atoms with Crippen LogP contribution in [0.1, 0.15) is 11.7 Å². The number of oxazole rings is 1. The Hall–Kier alpha value is -1.64. The van der Waals surface area contributed by atoms with Crippen LogP contribution in [0.5, 0.6) is 0 Å². The molecule has 0 bridgehead atoms. The van der Waals surface area contributed by atoms with Crippen molar-refractivity contribution in [2.75, 3.05) is 5.73 Å². The monoisotopic (exact) mass is 372 g/mol. The summed E-state index contributed by atoms with van der Waals surface area (Å²) in [6.07, 6.45) is 1.63. The lowest BCUT2D eigenvalue weighted by atomic mass is 10.3. The van der Waals surface area contributed by atoms with Crippen LogP contribution in [-0.2, 0) is 6.54 Å². The summed E-state index contributed by atoms with van der Waals surface area (Å²) in [5.41, 5.74) is 7.16. The van der Waals surface area contributed by atoms with Gasteiger partial charge >= 0.3 is 0 Å². The van der Waals surface area contributed by atoms with E-state index in [1.807, 2.05) is 29.5 Å². The molecule has 3 rings (SSSR count). The molecule has 1 aromatic carbocycles. The summed E-state index contributed by atoms with van der Waals surface area (Å²) in [6.45, 7) is 2.14. The van der Waals surface area contributed by atoms with Gasteiger partial charge in [-0.25, -0.2) is 14.4 Å². The first kappa shape index (κ1) is 12.4. The number of fused-ring (bicyclic) bond motifs is 1. The second-order valence-electron chi connectivity index (χ2n) is 4.18. The third kappa shape index (κ3) is 2.18. The Morgan fingerprint density at radius 3 is 2.95 bits per heavy atom. The fourth-order valence-corrected chi connectivity index (χ4v) is 2.37. The van der Waals surface area contributed by atoms with Crippen molar-refractivity contribution < 1.29 is 8.81 Å². The van der Waals surface area contributed by atoms with E-state index in [0.717, 1.165) is 5.76 Å². The van der Waals surface area contributed by atoms with Crippen LogP contribution in [0.3, 0.4) is 0 Å². The summed E-state index contributed by atoms with van der Waals surface area (Å²) in [5.74, 6) is 1.26. The zero-order valence-corrected chi connectivity index (χ0v) is 12.2. The number of halogens is 2.